The van der Waals surface area contributed by atoms with E-state index in [1.165, 1.54) is 0 Å². The highest BCUT2D eigenvalue weighted by Crippen LogP contribution is 2.18. The summed E-state index contributed by atoms with van der Waals surface area (Å²) < 4.78 is 0. The van der Waals surface area contributed by atoms with Gasteiger partial charge in [0.15, 0.2) is 0 Å². The molecule has 2 unspecified atom stereocenters. The highest BCUT2D eigenvalue weighted by molar-refractivity contribution is 5.92. The number of rotatable bonds is 2. The van der Waals surface area contributed by atoms with Gasteiger partial charge in [0.1, 0.15) is 0 Å². The molecule has 1 amide bonds. The molecule has 1 aromatic carbocycles. The third-order valence-electron chi connectivity index (χ3n) is 3.04. The van der Waals surface area contributed by atoms with Crippen LogP contribution >= 0.6 is 0 Å². The van der Waals surface area contributed by atoms with Gasteiger partial charge in [0.05, 0.1) is 0 Å². The molecule has 3 nitrogen and oxygen atoms in total. The fourth-order valence-electron chi connectivity index (χ4n) is 2.14. The van der Waals surface area contributed by atoms with Crippen LogP contribution in [0.2, 0.25) is 0 Å². The van der Waals surface area contributed by atoms with Crippen molar-refractivity contribution in [3.63, 3.8) is 0 Å². The van der Waals surface area contributed by atoms with Crippen molar-refractivity contribution >= 4 is 11.6 Å². The van der Waals surface area contributed by atoms with E-state index < -0.39 is 0 Å². The molecule has 3 heteroatoms. The molecule has 0 spiro atoms. The number of anilines is 1. The van der Waals surface area contributed by atoms with Gasteiger partial charge < -0.3 is 10.6 Å². The van der Waals surface area contributed by atoms with Crippen LogP contribution in [-0.2, 0) is 4.79 Å². The molecule has 0 radical (unpaired) electrons. The second-order valence-corrected chi connectivity index (χ2v) is 4.43. The number of hydrogen-bond acceptors (Lipinski definition) is 2. The Labute approximate surface area is 96.2 Å². The predicted molar refractivity (Wildman–Crippen MR) is 65.3 cm³/mol. The molecule has 1 fully saturated rings. The first kappa shape index (κ1) is 11.1. The van der Waals surface area contributed by atoms with E-state index in [0.717, 1.165) is 25.1 Å². The fourth-order valence-corrected chi connectivity index (χ4v) is 2.14. The van der Waals surface area contributed by atoms with Crippen molar-refractivity contribution < 1.29 is 4.79 Å². The molecule has 16 heavy (non-hydrogen) atoms. The van der Waals surface area contributed by atoms with E-state index in [-0.39, 0.29) is 11.8 Å². The molecule has 0 saturated carbocycles. The Morgan fingerprint density at radius 1 is 1.38 bits per heavy atom. The van der Waals surface area contributed by atoms with Crippen LogP contribution in [0.15, 0.2) is 30.3 Å². The van der Waals surface area contributed by atoms with Crippen molar-refractivity contribution in [2.45, 2.75) is 25.8 Å². The van der Waals surface area contributed by atoms with E-state index in [0.29, 0.717) is 6.04 Å². The summed E-state index contributed by atoms with van der Waals surface area (Å²) in [6.45, 7) is 3.07. The SMILES string of the molecule is CC1CC(C(=O)Nc2ccccc2)CCN1. The monoisotopic (exact) mass is 218 g/mol. The largest absolute Gasteiger partial charge is 0.326 e. The summed E-state index contributed by atoms with van der Waals surface area (Å²) in [5.41, 5.74) is 0.888. The van der Waals surface area contributed by atoms with Crippen molar-refractivity contribution in [3.8, 4) is 0 Å². The Balaban J connectivity index is 1.93. The summed E-state index contributed by atoms with van der Waals surface area (Å²) in [4.78, 5) is 12.0. The Morgan fingerprint density at radius 3 is 2.81 bits per heavy atom. The predicted octanol–water partition coefficient (Wildman–Crippen LogP) is 2.01. The zero-order chi connectivity index (χ0) is 11.4. The third-order valence-corrected chi connectivity index (χ3v) is 3.04. The summed E-state index contributed by atoms with van der Waals surface area (Å²) in [5, 5.41) is 6.32. The minimum atomic E-state index is 0.149. The lowest BCUT2D eigenvalue weighted by Gasteiger charge is -2.27. The lowest BCUT2D eigenvalue weighted by molar-refractivity contribution is -0.120. The highest BCUT2D eigenvalue weighted by atomic mass is 16.1. The normalized spacial score (nSPS) is 25.1. The van der Waals surface area contributed by atoms with Crippen LogP contribution in [0.4, 0.5) is 5.69 Å². The number of para-hydroxylation sites is 1. The Kier molecular flexibility index (Phi) is 3.57. The van der Waals surface area contributed by atoms with Gasteiger partial charge >= 0.3 is 0 Å². The van der Waals surface area contributed by atoms with Gasteiger partial charge in [0, 0.05) is 17.6 Å². The minimum Gasteiger partial charge on any atom is -0.326 e. The molecule has 2 rings (SSSR count). The van der Waals surface area contributed by atoms with Gasteiger partial charge in [-0.3, -0.25) is 4.79 Å². The van der Waals surface area contributed by atoms with E-state index in [4.69, 9.17) is 0 Å². The van der Waals surface area contributed by atoms with Crippen LogP contribution < -0.4 is 10.6 Å². The van der Waals surface area contributed by atoms with Gasteiger partial charge in [-0.15, -0.1) is 0 Å². The number of amides is 1. The average molecular weight is 218 g/mol. The fraction of sp³-hybridized carbons (Fsp3) is 0.462. The minimum absolute atomic E-state index is 0.149. The first-order valence-corrected chi connectivity index (χ1v) is 5.85. The third kappa shape index (κ3) is 2.83. The molecular formula is C13H18N2O. The molecule has 0 aliphatic carbocycles. The van der Waals surface area contributed by atoms with Crippen molar-refractivity contribution in [3.05, 3.63) is 30.3 Å². The summed E-state index contributed by atoms with van der Waals surface area (Å²) in [7, 11) is 0. The zero-order valence-corrected chi connectivity index (χ0v) is 9.57. The van der Waals surface area contributed by atoms with Crippen molar-refractivity contribution in [1.82, 2.24) is 5.32 Å². The Morgan fingerprint density at radius 2 is 2.12 bits per heavy atom. The maximum absolute atomic E-state index is 12.0. The first-order valence-electron chi connectivity index (χ1n) is 5.85. The highest BCUT2D eigenvalue weighted by Gasteiger charge is 2.24. The average Bonchev–Trinajstić information content (AvgIpc) is 2.30. The van der Waals surface area contributed by atoms with Gasteiger partial charge in [0.25, 0.3) is 0 Å². The van der Waals surface area contributed by atoms with Gasteiger partial charge in [-0.05, 0) is 38.4 Å². The first-order chi connectivity index (χ1) is 7.75. The molecule has 1 aliphatic heterocycles. The maximum Gasteiger partial charge on any atom is 0.227 e. The molecule has 1 aromatic rings. The van der Waals surface area contributed by atoms with Gasteiger partial charge in [-0.1, -0.05) is 18.2 Å². The number of nitrogens with one attached hydrogen (secondary N) is 2. The number of carbonyl (C=O) groups is 1. The van der Waals surface area contributed by atoms with Crippen molar-refractivity contribution in [1.29, 1.82) is 0 Å². The molecule has 2 atom stereocenters. The number of carbonyl (C=O) groups excluding carboxylic acids is 1. The molecule has 0 aromatic heterocycles. The molecule has 2 N–H and O–H groups in total. The summed E-state index contributed by atoms with van der Waals surface area (Å²) in [6.07, 6.45) is 1.86. The lowest BCUT2D eigenvalue weighted by Crippen LogP contribution is -2.40. The van der Waals surface area contributed by atoms with Crippen LogP contribution in [0.5, 0.6) is 0 Å². The van der Waals surface area contributed by atoms with Crippen LogP contribution in [-0.4, -0.2) is 18.5 Å². The number of hydrogen-bond donors (Lipinski definition) is 2. The second-order valence-electron chi connectivity index (χ2n) is 4.43. The molecular weight excluding hydrogens is 200 g/mol. The summed E-state index contributed by atoms with van der Waals surface area (Å²) in [6, 6.07) is 10.1. The topological polar surface area (TPSA) is 41.1 Å². The number of piperidine rings is 1. The van der Waals surface area contributed by atoms with E-state index in [1.807, 2.05) is 30.3 Å². The molecule has 0 bridgehead atoms. The summed E-state index contributed by atoms with van der Waals surface area (Å²) in [5.74, 6) is 0.302. The number of benzene rings is 1. The van der Waals surface area contributed by atoms with Gasteiger partial charge in [0.2, 0.25) is 5.91 Å². The van der Waals surface area contributed by atoms with Crippen LogP contribution in [0.25, 0.3) is 0 Å². The van der Waals surface area contributed by atoms with Crippen LogP contribution in [0.1, 0.15) is 19.8 Å². The molecule has 1 heterocycles. The maximum atomic E-state index is 12.0. The Hall–Kier alpha value is -1.35. The quantitative estimate of drug-likeness (QED) is 0.797. The van der Waals surface area contributed by atoms with Crippen LogP contribution in [0, 0.1) is 5.92 Å². The van der Waals surface area contributed by atoms with E-state index in [1.54, 1.807) is 0 Å². The summed E-state index contributed by atoms with van der Waals surface area (Å²) >= 11 is 0. The standard InChI is InChI=1S/C13H18N2O/c1-10-9-11(7-8-14-10)13(16)15-12-5-3-2-4-6-12/h2-6,10-11,14H,7-9H2,1H3,(H,15,16). The van der Waals surface area contributed by atoms with E-state index >= 15 is 0 Å². The Bertz CT molecular complexity index is 350. The van der Waals surface area contributed by atoms with Crippen molar-refractivity contribution in [2.24, 2.45) is 5.92 Å². The molecule has 1 aliphatic rings. The zero-order valence-electron chi connectivity index (χ0n) is 9.57. The molecule has 86 valence electrons. The van der Waals surface area contributed by atoms with E-state index in [9.17, 15) is 4.79 Å². The van der Waals surface area contributed by atoms with Crippen LogP contribution in [0.3, 0.4) is 0 Å². The van der Waals surface area contributed by atoms with Gasteiger partial charge in [-0.2, -0.15) is 0 Å². The lowest BCUT2D eigenvalue weighted by atomic mass is 9.92. The second kappa shape index (κ2) is 5.12. The van der Waals surface area contributed by atoms with Crippen molar-refractivity contribution in [2.75, 3.05) is 11.9 Å². The molecule has 1 saturated heterocycles. The smallest absolute Gasteiger partial charge is 0.227 e. The van der Waals surface area contributed by atoms with E-state index in [2.05, 4.69) is 17.6 Å². The van der Waals surface area contributed by atoms with Gasteiger partial charge in [-0.25, -0.2) is 0 Å².